The van der Waals surface area contributed by atoms with Gasteiger partial charge in [-0.15, -0.1) is 0 Å². The number of nitrogens with one attached hydrogen (secondary N) is 1. The maximum atomic E-state index is 13.0. The maximum absolute atomic E-state index is 13.0. The quantitative estimate of drug-likeness (QED) is 0.668. The molecule has 1 saturated carbocycles. The smallest absolute Gasteiger partial charge is 0.262 e. The van der Waals surface area contributed by atoms with E-state index < -0.39 is 0 Å². The van der Waals surface area contributed by atoms with Gasteiger partial charge in [-0.1, -0.05) is 43.2 Å². The van der Waals surface area contributed by atoms with Gasteiger partial charge in [-0.3, -0.25) is 14.2 Å². The molecule has 0 unspecified atom stereocenters. The predicted molar refractivity (Wildman–Crippen MR) is 97.5 cm³/mol. The lowest BCUT2D eigenvalue weighted by Crippen LogP contribution is -2.30. The normalized spacial score (nSPS) is 15.5. The Labute approximate surface area is 145 Å². The van der Waals surface area contributed by atoms with Crippen molar-refractivity contribution in [2.24, 2.45) is 0 Å². The minimum absolute atomic E-state index is 0.0194. The summed E-state index contributed by atoms with van der Waals surface area (Å²) in [6.07, 6.45) is 5.53. The number of aromatic nitrogens is 2. The van der Waals surface area contributed by atoms with Gasteiger partial charge < -0.3 is 5.32 Å². The Bertz CT molecular complexity index is 781. The van der Waals surface area contributed by atoms with Crippen LogP contribution in [0, 0.1) is 0 Å². The summed E-state index contributed by atoms with van der Waals surface area (Å²) in [7, 11) is 0. The van der Waals surface area contributed by atoms with E-state index in [2.05, 4.69) is 10.3 Å². The van der Waals surface area contributed by atoms with Crippen molar-refractivity contribution in [3.05, 3.63) is 34.6 Å². The summed E-state index contributed by atoms with van der Waals surface area (Å²) < 4.78 is 1.84. The minimum atomic E-state index is -0.0277. The standard InChI is InChI=1S/C18H23N3O2S/c1-2-19-16(22)12-24-18-20-15-11-7-6-10-14(15)17(23)21(18)13-8-4-3-5-9-13/h6-7,10-11,13H,2-5,8-9,12H2,1H3,(H,19,22). The van der Waals surface area contributed by atoms with Crippen molar-refractivity contribution >= 4 is 28.6 Å². The third-order valence-electron chi connectivity index (χ3n) is 4.42. The Morgan fingerprint density at radius 2 is 2.04 bits per heavy atom. The van der Waals surface area contributed by atoms with Gasteiger partial charge in [-0.05, 0) is 31.9 Å². The zero-order valence-corrected chi connectivity index (χ0v) is 14.8. The second kappa shape index (κ2) is 7.83. The number of fused-ring (bicyclic) bond motifs is 1. The van der Waals surface area contributed by atoms with Crippen LogP contribution in [0.25, 0.3) is 10.9 Å². The lowest BCUT2D eigenvalue weighted by atomic mass is 9.95. The van der Waals surface area contributed by atoms with Gasteiger partial charge in [0.15, 0.2) is 5.16 Å². The molecule has 1 amide bonds. The average Bonchev–Trinajstić information content (AvgIpc) is 2.61. The Hall–Kier alpha value is -1.82. The van der Waals surface area contributed by atoms with Gasteiger partial charge >= 0.3 is 0 Å². The second-order valence-electron chi connectivity index (χ2n) is 6.12. The number of para-hydroxylation sites is 1. The van der Waals surface area contributed by atoms with Crippen LogP contribution < -0.4 is 10.9 Å². The maximum Gasteiger partial charge on any atom is 0.262 e. The van der Waals surface area contributed by atoms with Crippen molar-refractivity contribution in [1.29, 1.82) is 0 Å². The molecular weight excluding hydrogens is 322 g/mol. The summed E-state index contributed by atoms with van der Waals surface area (Å²) in [6, 6.07) is 7.65. The van der Waals surface area contributed by atoms with E-state index in [1.165, 1.54) is 18.2 Å². The van der Waals surface area contributed by atoms with E-state index in [0.717, 1.165) is 25.7 Å². The number of carbonyl (C=O) groups excluding carboxylic acids is 1. The summed E-state index contributed by atoms with van der Waals surface area (Å²) in [5.74, 6) is 0.255. The molecule has 2 aromatic rings. The number of benzene rings is 1. The molecule has 1 aliphatic carbocycles. The van der Waals surface area contributed by atoms with Crippen LogP contribution in [0.15, 0.2) is 34.2 Å². The van der Waals surface area contributed by atoms with Crippen LogP contribution in [0.1, 0.15) is 45.1 Å². The molecule has 1 aromatic heterocycles. The fourth-order valence-electron chi connectivity index (χ4n) is 3.27. The first kappa shape index (κ1) is 17.0. The lowest BCUT2D eigenvalue weighted by molar-refractivity contribution is -0.118. The van der Waals surface area contributed by atoms with Crippen LogP contribution in [0.2, 0.25) is 0 Å². The van der Waals surface area contributed by atoms with Crippen molar-refractivity contribution in [2.75, 3.05) is 12.3 Å². The van der Waals surface area contributed by atoms with E-state index in [9.17, 15) is 9.59 Å². The highest BCUT2D eigenvalue weighted by Crippen LogP contribution is 2.30. The van der Waals surface area contributed by atoms with Crippen LogP contribution in [-0.2, 0) is 4.79 Å². The summed E-state index contributed by atoms with van der Waals surface area (Å²) in [6.45, 7) is 2.51. The monoisotopic (exact) mass is 345 g/mol. The van der Waals surface area contributed by atoms with E-state index in [4.69, 9.17) is 0 Å². The van der Waals surface area contributed by atoms with Crippen LogP contribution in [0.4, 0.5) is 0 Å². The van der Waals surface area contributed by atoms with Crippen LogP contribution >= 0.6 is 11.8 Å². The van der Waals surface area contributed by atoms with E-state index in [1.807, 2.05) is 35.8 Å². The van der Waals surface area contributed by atoms with Gasteiger partial charge in [0.2, 0.25) is 5.91 Å². The molecule has 0 radical (unpaired) electrons. The van der Waals surface area contributed by atoms with Crippen molar-refractivity contribution in [1.82, 2.24) is 14.9 Å². The van der Waals surface area contributed by atoms with E-state index in [0.29, 0.717) is 22.6 Å². The van der Waals surface area contributed by atoms with Gasteiger partial charge in [-0.25, -0.2) is 4.98 Å². The average molecular weight is 345 g/mol. The molecule has 1 aromatic carbocycles. The van der Waals surface area contributed by atoms with Gasteiger partial charge in [-0.2, -0.15) is 0 Å². The first-order valence-corrected chi connectivity index (χ1v) is 9.60. The second-order valence-corrected chi connectivity index (χ2v) is 7.06. The number of rotatable bonds is 5. The predicted octanol–water partition coefficient (Wildman–Crippen LogP) is 3.13. The fraction of sp³-hybridized carbons (Fsp3) is 0.500. The Kier molecular flexibility index (Phi) is 5.56. The Morgan fingerprint density at radius 1 is 1.29 bits per heavy atom. The Morgan fingerprint density at radius 3 is 2.79 bits per heavy atom. The molecule has 1 aliphatic rings. The van der Waals surface area contributed by atoms with Crippen LogP contribution in [-0.4, -0.2) is 27.8 Å². The minimum Gasteiger partial charge on any atom is -0.356 e. The molecule has 0 spiro atoms. The molecule has 1 fully saturated rings. The number of hydrogen-bond donors (Lipinski definition) is 1. The van der Waals surface area contributed by atoms with E-state index in [-0.39, 0.29) is 23.3 Å². The molecule has 6 heteroatoms. The summed E-state index contributed by atoms with van der Waals surface area (Å²) >= 11 is 1.36. The molecule has 0 saturated heterocycles. The molecule has 24 heavy (non-hydrogen) atoms. The first-order valence-electron chi connectivity index (χ1n) is 8.61. The number of carbonyl (C=O) groups is 1. The van der Waals surface area contributed by atoms with Crippen molar-refractivity contribution < 1.29 is 4.79 Å². The highest BCUT2D eigenvalue weighted by atomic mass is 32.2. The zero-order chi connectivity index (χ0) is 16.9. The molecule has 128 valence electrons. The van der Waals surface area contributed by atoms with Gasteiger partial charge in [0.25, 0.3) is 5.56 Å². The Balaban J connectivity index is 2.00. The summed E-state index contributed by atoms with van der Waals surface area (Å²) in [5, 5.41) is 4.11. The third-order valence-corrected chi connectivity index (χ3v) is 5.37. The molecular formula is C18H23N3O2S. The molecule has 5 nitrogen and oxygen atoms in total. The topological polar surface area (TPSA) is 64.0 Å². The molecule has 0 bridgehead atoms. The lowest BCUT2D eigenvalue weighted by Gasteiger charge is -2.26. The van der Waals surface area contributed by atoms with E-state index >= 15 is 0 Å². The number of thioether (sulfide) groups is 1. The summed E-state index contributed by atoms with van der Waals surface area (Å²) in [5.41, 5.74) is 0.721. The van der Waals surface area contributed by atoms with Crippen molar-refractivity contribution in [3.8, 4) is 0 Å². The van der Waals surface area contributed by atoms with Crippen molar-refractivity contribution in [3.63, 3.8) is 0 Å². The highest BCUT2D eigenvalue weighted by molar-refractivity contribution is 7.99. The van der Waals surface area contributed by atoms with Gasteiger partial charge in [0.1, 0.15) is 0 Å². The largest absolute Gasteiger partial charge is 0.356 e. The zero-order valence-electron chi connectivity index (χ0n) is 14.0. The molecule has 0 aliphatic heterocycles. The number of amides is 1. The highest BCUT2D eigenvalue weighted by Gasteiger charge is 2.22. The number of hydrogen-bond acceptors (Lipinski definition) is 4. The van der Waals surface area contributed by atoms with Gasteiger partial charge in [0.05, 0.1) is 16.7 Å². The molecule has 1 heterocycles. The van der Waals surface area contributed by atoms with Crippen molar-refractivity contribution in [2.45, 2.75) is 50.2 Å². The first-order chi connectivity index (χ1) is 11.7. The van der Waals surface area contributed by atoms with Crippen LogP contribution in [0.5, 0.6) is 0 Å². The van der Waals surface area contributed by atoms with Crippen LogP contribution in [0.3, 0.4) is 0 Å². The SMILES string of the molecule is CCNC(=O)CSc1nc2ccccc2c(=O)n1C1CCCCC1. The van der Waals surface area contributed by atoms with E-state index in [1.54, 1.807) is 0 Å². The molecule has 0 atom stereocenters. The third kappa shape index (κ3) is 3.64. The van der Waals surface area contributed by atoms with Gasteiger partial charge in [0, 0.05) is 12.6 Å². The molecule has 1 N–H and O–H groups in total. The molecule has 3 rings (SSSR count). The summed E-state index contributed by atoms with van der Waals surface area (Å²) in [4.78, 5) is 29.5. The fourth-order valence-corrected chi connectivity index (χ4v) is 4.16. The number of nitrogens with zero attached hydrogens (tertiary/aromatic N) is 2.